The van der Waals surface area contributed by atoms with E-state index in [0.717, 1.165) is 5.56 Å². The Balaban J connectivity index is 2.15. The zero-order valence-corrected chi connectivity index (χ0v) is 19.6. The minimum absolute atomic E-state index is 0.0397. The Bertz CT molecular complexity index is 959. The zero-order chi connectivity index (χ0) is 20.9. The Hall–Kier alpha value is -1.29. The van der Waals surface area contributed by atoms with Crippen molar-refractivity contribution >= 4 is 65.1 Å². The molecule has 0 unspecified atom stereocenters. The molecule has 0 bridgehead atoms. The standard InChI is InChI=1S/C18H18Br2ClNO5S/c1-2-28(25,26)22-14-6-12(5-13(21)9-14)10-27-18-15(19)7-11(8-16(18)20)3-4-17(23)24/h5-9,22H,2-4,10H2,1H3,(H,23,24). The Kier molecular flexibility index (Phi) is 8.18. The maximum Gasteiger partial charge on any atom is 0.303 e. The molecule has 28 heavy (non-hydrogen) atoms. The molecule has 0 saturated heterocycles. The summed E-state index contributed by atoms with van der Waals surface area (Å²) in [6.45, 7) is 1.71. The van der Waals surface area contributed by atoms with Crippen molar-refractivity contribution in [3.05, 3.63) is 55.4 Å². The van der Waals surface area contributed by atoms with Crippen LogP contribution in [0.15, 0.2) is 39.3 Å². The molecule has 0 aliphatic heterocycles. The van der Waals surface area contributed by atoms with E-state index in [1.807, 2.05) is 12.1 Å². The molecule has 0 saturated carbocycles. The second-order valence-corrected chi connectivity index (χ2v) is 10.1. The minimum Gasteiger partial charge on any atom is -0.487 e. The number of anilines is 1. The number of aryl methyl sites for hydroxylation is 1. The Morgan fingerprint density at radius 3 is 2.36 bits per heavy atom. The van der Waals surface area contributed by atoms with E-state index in [0.29, 0.717) is 37.4 Å². The molecule has 0 radical (unpaired) electrons. The van der Waals surface area contributed by atoms with Gasteiger partial charge in [-0.1, -0.05) is 11.6 Å². The van der Waals surface area contributed by atoms with Gasteiger partial charge in [0.1, 0.15) is 12.4 Å². The molecule has 6 nitrogen and oxygen atoms in total. The van der Waals surface area contributed by atoms with Crippen molar-refractivity contribution in [1.29, 1.82) is 0 Å². The lowest BCUT2D eigenvalue weighted by Gasteiger charge is -2.14. The second kappa shape index (κ2) is 9.96. The third kappa shape index (κ3) is 6.95. The number of ether oxygens (including phenoxy) is 1. The number of carboxylic acid groups (broad SMARTS) is 1. The van der Waals surface area contributed by atoms with E-state index in [2.05, 4.69) is 36.6 Å². The smallest absolute Gasteiger partial charge is 0.303 e. The lowest BCUT2D eigenvalue weighted by atomic mass is 10.1. The van der Waals surface area contributed by atoms with Gasteiger partial charge in [0, 0.05) is 11.4 Å². The number of aliphatic carboxylic acids is 1. The van der Waals surface area contributed by atoms with E-state index in [9.17, 15) is 13.2 Å². The summed E-state index contributed by atoms with van der Waals surface area (Å²) >= 11 is 13.0. The lowest BCUT2D eigenvalue weighted by Crippen LogP contribution is -2.14. The highest BCUT2D eigenvalue weighted by molar-refractivity contribution is 9.11. The first-order valence-electron chi connectivity index (χ1n) is 8.22. The summed E-state index contributed by atoms with van der Waals surface area (Å²) < 4.78 is 33.2. The number of sulfonamides is 1. The van der Waals surface area contributed by atoms with Crippen LogP contribution < -0.4 is 9.46 Å². The normalized spacial score (nSPS) is 11.3. The molecule has 0 spiro atoms. The highest BCUT2D eigenvalue weighted by atomic mass is 79.9. The van der Waals surface area contributed by atoms with Crippen LogP contribution in [-0.4, -0.2) is 25.2 Å². The predicted octanol–water partition coefficient (Wildman–Crippen LogP) is 5.22. The summed E-state index contributed by atoms with van der Waals surface area (Å²) in [7, 11) is -3.41. The van der Waals surface area contributed by atoms with Crippen LogP contribution in [0.3, 0.4) is 0 Å². The van der Waals surface area contributed by atoms with Gasteiger partial charge in [-0.3, -0.25) is 9.52 Å². The first-order valence-corrected chi connectivity index (χ1v) is 11.8. The molecule has 2 aromatic rings. The second-order valence-electron chi connectivity index (χ2n) is 5.92. The molecule has 2 rings (SSSR count). The average molecular weight is 556 g/mol. The number of carbonyl (C=O) groups is 1. The van der Waals surface area contributed by atoms with Crippen LogP contribution in [0.5, 0.6) is 5.75 Å². The number of rotatable bonds is 9. The largest absolute Gasteiger partial charge is 0.487 e. The van der Waals surface area contributed by atoms with E-state index >= 15 is 0 Å². The van der Waals surface area contributed by atoms with Crippen LogP contribution in [0.2, 0.25) is 5.02 Å². The van der Waals surface area contributed by atoms with Crippen molar-refractivity contribution in [2.75, 3.05) is 10.5 Å². The number of halogens is 3. The van der Waals surface area contributed by atoms with Crippen LogP contribution >= 0.6 is 43.5 Å². The molecule has 2 aromatic carbocycles. The number of carboxylic acids is 1. The molecule has 0 amide bonds. The van der Waals surface area contributed by atoms with E-state index in [1.54, 1.807) is 19.1 Å². The lowest BCUT2D eigenvalue weighted by molar-refractivity contribution is -0.136. The van der Waals surface area contributed by atoms with Gasteiger partial charge in [0.15, 0.2) is 0 Å². The summed E-state index contributed by atoms with van der Waals surface area (Å²) in [4.78, 5) is 10.7. The SMILES string of the molecule is CCS(=O)(=O)Nc1cc(Cl)cc(COc2c(Br)cc(CCC(=O)O)cc2Br)c1. The number of hydrogen-bond acceptors (Lipinski definition) is 4. The van der Waals surface area contributed by atoms with E-state index in [1.165, 1.54) is 6.07 Å². The van der Waals surface area contributed by atoms with Crippen molar-refractivity contribution < 1.29 is 23.1 Å². The molecule has 10 heteroatoms. The van der Waals surface area contributed by atoms with Gasteiger partial charge in [-0.25, -0.2) is 8.42 Å². The fraction of sp³-hybridized carbons (Fsp3) is 0.278. The molecular formula is C18H18Br2ClNO5S. The Labute approximate surface area is 185 Å². The van der Waals surface area contributed by atoms with Gasteiger partial charge in [0.2, 0.25) is 10.0 Å². The van der Waals surface area contributed by atoms with Gasteiger partial charge in [-0.2, -0.15) is 0 Å². The highest BCUT2D eigenvalue weighted by Gasteiger charge is 2.12. The molecule has 0 fully saturated rings. The monoisotopic (exact) mass is 553 g/mol. The van der Waals surface area contributed by atoms with Gasteiger partial charge in [-0.15, -0.1) is 0 Å². The molecule has 0 atom stereocenters. The molecule has 0 aliphatic carbocycles. The summed E-state index contributed by atoms with van der Waals surface area (Å²) in [6.07, 6.45) is 0.445. The number of hydrogen-bond donors (Lipinski definition) is 2. The van der Waals surface area contributed by atoms with Gasteiger partial charge < -0.3 is 9.84 Å². The zero-order valence-electron chi connectivity index (χ0n) is 14.8. The Morgan fingerprint density at radius 2 is 1.79 bits per heavy atom. The minimum atomic E-state index is -3.41. The van der Waals surface area contributed by atoms with Gasteiger partial charge in [-0.05, 0) is 86.7 Å². The van der Waals surface area contributed by atoms with Gasteiger partial charge in [0.25, 0.3) is 0 Å². The summed E-state index contributed by atoms with van der Waals surface area (Å²) in [5.74, 6) is -0.350. The molecule has 0 heterocycles. The highest BCUT2D eigenvalue weighted by Crippen LogP contribution is 2.36. The fourth-order valence-corrected chi connectivity index (χ4v) is 4.73. The molecule has 0 aromatic heterocycles. The first kappa shape index (κ1) is 23.0. The van der Waals surface area contributed by atoms with E-state index in [-0.39, 0.29) is 18.8 Å². The first-order chi connectivity index (χ1) is 13.1. The maximum absolute atomic E-state index is 11.8. The van der Waals surface area contributed by atoms with Crippen molar-refractivity contribution in [2.45, 2.75) is 26.4 Å². The van der Waals surface area contributed by atoms with Crippen molar-refractivity contribution in [2.24, 2.45) is 0 Å². The fourth-order valence-electron chi connectivity index (χ4n) is 2.35. The van der Waals surface area contributed by atoms with Gasteiger partial charge in [0.05, 0.1) is 20.4 Å². The van der Waals surface area contributed by atoms with Crippen LogP contribution in [0.1, 0.15) is 24.5 Å². The third-order valence-electron chi connectivity index (χ3n) is 3.68. The van der Waals surface area contributed by atoms with Crippen LogP contribution in [0.25, 0.3) is 0 Å². The number of nitrogens with one attached hydrogen (secondary N) is 1. The van der Waals surface area contributed by atoms with E-state index in [4.69, 9.17) is 21.4 Å². The van der Waals surface area contributed by atoms with E-state index < -0.39 is 16.0 Å². The predicted molar refractivity (Wildman–Crippen MR) is 117 cm³/mol. The molecule has 2 N–H and O–H groups in total. The topological polar surface area (TPSA) is 92.7 Å². The maximum atomic E-state index is 11.8. The summed E-state index contributed by atoms with van der Waals surface area (Å²) in [5.41, 5.74) is 1.91. The summed E-state index contributed by atoms with van der Waals surface area (Å²) in [6, 6.07) is 8.49. The third-order valence-corrected chi connectivity index (χ3v) is 6.38. The summed E-state index contributed by atoms with van der Waals surface area (Å²) in [5, 5.41) is 9.19. The molecule has 152 valence electrons. The van der Waals surface area contributed by atoms with Gasteiger partial charge >= 0.3 is 5.97 Å². The van der Waals surface area contributed by atoms with Crippen LogP contribution in [0, 0.1) is 0 Å². The van der Waals surface area contributed by atoms with Crippen molar-refractivity contribution in [3.63, 3.8) is 0 Å². The van der Waals surface area contributed by atoms with Crippen molar-refractivity contribution in [3.8, 4) is 5.75 Å². The molecule has 0 aliphatic rings. The molecular weight excluding hydrogens is 538 g/mol. The quantitative estimate of drug-likeness (QED) is 0.443. The van der Waals surface area contributed by atoms with Crippen LogP contribution in [-0.2, 0) is 27.8 Å². The van der Waals surface area contributed by atoms with Crippen LogP contribution in [0.4, 0.5) is 5.69 Å². The number of benzene rings is 2. The average Bonchev–Trinajstić information content (AvgIpc) is 2.58. The van der Waals surface area contributed by atoms with Crippen molar-refractivity contribution in [1.82, 2.24) is 0 Å². The Morgan fingerprint density at radius 1 is 1.14 bits per heavy atom.